The number of hydrogen-bond acceptors (Lipinski definition) is 4. The molecule has 1 heterocycles. The van der Waals surface area contributed by atoms with E-state index in [1.807, 2.05) is 0 Å². The third-order valence-electron chi connectivity index (χ3n) is 0.931. The SMILES string of the molecule is N#Cn1ncc(N)c1N. The van der Waals surface area contributed by atoms with Crippen molar-refractivity contribution in [1.29, 1.82) is 5.26 Å². The van der Waals surface area contributed by atoms with Crippen LogP contribution in [0.2, 0.25) is 0 Å². The van der Waals surface area contributed by atoms with Crippen LogP contribution in [0.25, 0.3) is 0 Å². The molecule has 1 aromatic heterocycles. The Balaban J connectivity index is 3.24. The zero-order valence-corrected chi connectivity index (χ0v) is 4.57. The third kappa shape index (κ3) is 0.659. The molecule has 0 aliphatic rings. The molecule has 4 N–H and O–H groups in total. The van der Waals surface area contributed by atoms with Gasteiger partial charge < -0.3 is 11.5 Å². The Bertz CT molecular complexity index is 254. The number of nitrogens with two attached hydrogens (primary N) is 2. The Labute approximate surface area is 51.5 Å². The average Bonchev–Trinajstić information content (AvgIpc) is 2.15. The predicted octanol–water partition coefficient (Wildman–Crippen LogP) is -0.623. The summed E-state index contributed by atoms with van der Waals surface area (Å²) in [5.74, 6) is 0.192. The fourth-order valence-electron chi connectivity index (χ4n) is 0.450. The minimum Gasteiger partial charge on any atom is -0.394 e. The van der Waals surface area contributed by atoms with E-state index in [4.69, 9.17) is 16.7 Å². The summed E-state index contributed by atoms with van der Waals surface area (Å²) in [4.78, 5) is 0. The van der Waals surface area contributed by atoms with Crippen LogP contribution in [0.4, 0.5) is 11.5 Å². The first-order valence-corrected chi connectivity index (χ1v) is 2.25. The fraction of sp³-hybridized carbons (Fsp3) is 0. The van der Waals surface area contributed by atoms with E-state index in [0.717, 1.165) is 4.68 Å². The summed E-state index contributed by atoms with van der Waals surface area (Å²) in [6.45, 7) is 0. The second-order valence-corrected chi connectivity index (χ2v) is 1.50. The number of nitrogens with zero attached hydrogens (tertiary/aromatic N) is 3. The van der Waals surface area contributed by atoms with Gasteiger partial charge in [0.25, 0.3) is 0 Å². The monoisotopic (exact) mass is 123 g/mol. The molecule has 0 radical (unpaired) electrons. The van der Waals surface area contributed by atoms with E-state index in [1.54, 1.807) is 6.19 Å². The summed E-state index contributed by atoms with van der Waals surface area (Å²) < 4.78 is 0.954. The topological polar surface area (TPSA) is 93.6 Å². The lowest BCUT2D eigenvalue weighted by Gasteiger charge is -1.87. The first-order valence-electron chi connectivity index (χ1n) is 2.25. The van der Waals surface area contributed by atoms with E-state index in [-0.39, 0.29) is 5.82 Å². The van der Waals surface area contributed by atoms with Gasteiger partial charge in [-0.1, -0.05) is 0 Å². The Kier molecular flexibility index (Phi) is 1.01. The highest BCUT2D eigenvalue weighted by atomic mass is 15.3. The second-order valence-electron chi connectivity index (χ2n) is 1.50. The van der Waals surface area contributed by atoms with Crippen molar-refractivity contribution in [3.63, 3.8) is 0 Å². The van der Waals surface area contributed by atoms with Gasteiger partial charge in [-0.3, -0.25) is 0 Å². The molecule has 5 nitrogen and oxygen atoms in total. The minimum absolute atomic E-state index is 0.192. The molecule has 5 heteroatoms. The van der Waals surface area contributed by atoms with Gasteiger partial charge in [0.2, 0.25) is 6.19 Å². The molecule has 0 aliphatic carbocycles. The van der Waals surface area contributed by atoms with Crippen LogP contribution in [-0.4, -0.2) is 9.78 Å². The Morgan fingerprint density at radius 2 is 2.33 bits per heavy atom. The van der Waals surface area contributed by atoms with Crippen LogP contribution in [0.15, 0.2) is 6.20 Å². The molecule has 1 aromatic rings. The van der Waals surface area contributed by atoms with Crippen molar-refractivity contribution in [1.82, 2.24) is 9.78 Å². The maximum atomic E-state index is 8.25. The van der Waals surface area contributed by atoms with Crippen LogP contribution in [-0.2, 0) is 0 Å². The summed E-state index contributed by atoms with van der Waals surface area (Å²) in [7, 11) is 0. The van der Waals surface area contributed by atoms with Crippen LogP contribution in [0, 0.1) is 11.5 Å². The number of hydrogen-bond donors (Lipinski definition) is 2. The third-order valence-corrected chi connectivity index (χ3v) is 0.931. The van der Waals surface area contributed by atoms with Crippen molar-refractivity contribution in [2.45, 2.75) is 0 Å². The van der Waals surface area contributed by atoms with Gasteiger partial charge in [0.1, 0.15) is 0 Å². The van der Waals surface area contributed by atoms with Gasteiger partial charge in [0, 0.05) is 0 Å². The largest absolute Gasteiger partial charge is 0.394 e. The molecule has 0 aliphatic heterocycles. The van der Waals surface area contributed by atoms with E-state index in [0.29, 0.717) is 5.69 Å². The molecule has 0 spiro atoms. The van der Waals surface area contributed by atoms with Crippen LogP contribution < -0.4 is 11.5 Å². The number of nitriles is 1. The van der Waals surface area contributed by atoms with Crippen molar-refractivity contribution in [2.24, 2.45) is 0 Å². The number of anilines is 2. The van der Waals surface area contributed by atoms with Gasteiger partial charge in [-0.2, -0.15) is 10.4 Å². The first kappa shape index (κ1) is 5.44. The standard InChI is InChI=1S/C4H5N5/c5-2-9-4(7)3(6)1-8-9/h1H,6-7H2. The molecule has 0 unspecified atom stereocenters. The van der Waals surface area contributed by atoms with E-state index >= 15 is 0 Å². The summed E-state index contributed by atoms with van der Waals surface area (Å²) in [6, 6.07) is 0. The molecule has 0 amide bonds. The van der Waals surface area contributed by atoms with Crippen LogP contribution in [0.1, 0.15) is 0 Å². The lowest BCUT2D eigenvalue weighted by atomic mass is 10.5. The van der Waals surface area contributed by atoms with Crippen LogP contribution in [0.5, 0.6) is 0 Å². The molecular formula is C4H5N5. The van der Waals surface area contributed by atoms with E-state index in [2.05, 4.69) is 5.10 Å². The molecule has 0 saturated carbocycles. The zero-order valence-electron chi connectivity index (χ0n) is 4.57. The van der Waals surface area contributed by atoms with Crippen LogP contribution >= 0.6 is 0 Å². The van der Waals surface area contributed by atoms with Crippen molar-refractivity contribution in [3.8, 4) is 6.19 Å². The van der Waals surface area contributed by atoms with Gasteiger partial charge in [0.05, 0.1) is 11.9 Å². The highest BCUT2D eigenvalue weighted by Crippen LogP contribution is 2.09. The van der Waals surface area contributed by atoms with Gasteiger partial charge in [-0.15, -0.1) is 4.68 Å². The number of aromatic nitrogens is 2. The second kappa shape index (κ2) is 1.67. The molecule has 0 fully saturated rings. The fourth-order valence-corrected chi connectivity index (χ4v) is 0.450. The quantitative estimate of drug-likeness (QED) is 0.480. The highest BCUT2D eigenvalue weighted by molar-refractivity contribution is 5.57. The van der Waals surface area contributed by atoms with Crippen molar-refractivity contribution in [2.75, 3.05) is 11.5 Å². The van der Waals surface area contributed by atoms with Crippen molar-refractivity contribution >= 4 is 11.5 Å². The van der Waals surface area contributed by atoms with Crippen molar-refractivity contribution < 1.29 is 0 Å². The summed E-state index contributed by atoms with van der Waals surface area (Å²) >= 11 is 0. The molecule has 0 atom stereocenters. The maximum Gasteiger partial charge on any atom is 0.208 e. The van der Waals surface area contributed by atoms with Crippen molar-refractivity contribution in [3.05, 3.63) is 6.20 Å². The normalized spacial score (nSPS) is 8.78. The summed E-state index contributed by atoms with van der Waals surface area (Å²) in [6.07, 6.45) is 3.05. The molecule has 0 aromatic carbocycles. The lowest BCUT2D eigenvalue weighted by molar-refractivity contribution is 0.908. The Morgan fingerprint density at radius 1 is 1.67 bits per heavy atom. The number of nitrogen functional groups attached to an aromatic ring is 2. The smallest absolute Gasteiger partial charge is 0.208 e. The van der Waals surface area contributed by atoms with Gasteiger partial charge in [-0.05, 0) is 0 Å². The number of rotatable bonds is 0. The minimum atomic E-state index is 0.192. The maximum absolute atomic E-state index is 8.25. The highest BCUT2D eigenvalue weighted by Gasteiger charge is 1.99. The van der Waals surface area contributed by atoms with E-state index in [9.17, 15) is 0 Å². The Morgan fingerprint density at radius 3 is 2.56 bits per heavy atom. The van der Waals surface area contributed by atoms with Gasteiger partial charge >= 0.3 is 0 Å². The summed E-state index contributed by atoms with van der Waals surface area (Å²) in [5.41, 5.74) is 10.9. The van der Waals surface area contributed by atoms with Gasteiger partial charge in [-0.25, -0.2) is 0 Å². The molecule has 9 heavy (non-hydrogen) atoms. The average molecular weight is 123 g/mol. The molecule has 0 saturated heterocycles. The first-order chi connectivity index (χ1) is 4.25. The molecule has 1 rings (SSSR count). The van der Waals surface area contributed by atoms with Gasteiger partial charge in [0.15, 0.2) is 5.82 Å². The molecule has 0 bridgehead atoms. The molecular weight excluding hydrogens is 118 g/mol. The van der Waals surface area contributed by atoms with E-state index < -0.39 is 0 Å². The van der Waals surface area contributed by atoms with Crippen LogP contribution in [0.3, 0.4) is 0 Å². The Hall–Kier alpha value is -1.70. The van der Waals surface area contributed by atoms with E-state index in [1.165, 1.54) is 6.20 Å². The summed E-state index contributed by atoms with van der Waals surface area (Å²) in [5, 5.41) is 11.8. The molecule has 46 valence electrons. The lowest BCUT2D eigenvalue weighted by Crippen LogP contribution is -1.99. The predicted molar refractivity (Wildman–Crippen MR) is 32.1 cm³/mol. The zero-order chi connectivity index (χ0) is 6.85.